The maximum Gasteiger partial charge on any atom is 0.164 e. The Labute approximate surface area is 326 Å². The lowest BCUT2D eigenvalue weighted by Crippen LogP contribution is -2.00. The van der Waals surface area contributed by atoms with Gasteiger partial charge in [-0.25, -0.2) is 15.0 Å². The second-order valence-electron chi connectivity index (χ2n) is 14.4. The van der Waals surface area contributed by atoms with Crippen LogP contribution in [-0.4, -0.2) is 24.1 Å². The Morgan fingerprint density at radius 2 is 0.842 bits per heavy atom. The molecule has 12 rings (SSSR count). The first-order chi connectivity index (χ1) is 28.3. The molecule has 0 aliphatic carbocycles. The summed E-state index contributed by atoms with van der Waals surface area (Å²) in [6.45, 7) is 0. The lowest BCUT2D eigenvalue weighted by Gasteiger charge is -2.11. The van der Waals surface area contributed by atoms with Gasteiger partial charge in [0.2, 0.25) is 0 Å². The predicted molar refractivity (Wildman–Crippen MR) is 232 cm³/mol. The van der Waals surface area contributed by atoms with E-state index in [0.717, 1.165) is 71.8 Å². The number of hydrogen-bond acceptors (Lipinski definition) is 4. The van der Waals surface area contributed by atoms with Crippen LogP contribution in [0.4, 0.5) is 0 Å². The van der Waals surface area contributed by atoms with Gasteiger partial charge in [0, 0.05) is 60.4 Å². The summed E-state index contributed by atoms with van der Waals surface area (Å²) in [6, 6.07) is 65.6. The number of para-hydroxylation sites is 3. The molecule has 0 saturated carbocycles. The number of nitrogens with zero attached hydrogens (tertiary/aromatic N) is 5. The van der Waals surface area contributed by atoms with Crippen LogP contribution in [0.1, 0.15) is 0 Å². The van der Waals surface area contributed by atoms with E-state index < -0.39 is 0 Å². The van der Waals surface area contributed by atoms with Gasteiger partial charge >= 0.3 is 0 Å². The van der Waals surface area contributed by atoms with Crippen molar-refractivity contribution in [1.29, 1.82) is 0 Å². The summed E-state index contributed by atoms with van der Waals surface area (Å²) in [5.74, 6) is 1.84. The third kappa shape index (κ3) is 4.87. The van der Waals surface area contributed by atoms with Crippen molar-refractivity contribution < 1.29 is 4.42 Å². The highest BCUT2D eigenvalue weighted by molar-refractivity contribution is 6.22. The van der Waals surface area contributed by atoms with E-state index in [1.54, 1.807) is 0 Å². The van der Waals surface area contributed by atoms with Gasteiger partial charge in [0.1, 0.15) is 5.58 Å². The van der Waals surface area contributed by atoms with E-state index in [0.29, 0.717) is 17.5 Å². The van der Waals surface area contributed by atoms with E-state index in [2.05, 4.69) is 137 Å². The minimum absolute atomic E-state index is 0.589. The molecule has 12 aromatic rings. The van der Waals surface area contributed by atoms with Crippen molar-refractivity contribution in [2.24, 2.45) is 0 Å². The summed E-state index contributed by atoms with van der Waals surface area (Å²) in [5.41, 5.74) is 11.0. The van der Waals surface area contributed by atoms with Crippen LogP contribution in [0.3, 0.4) is 0 Å². The SMILES string of the molecule is c1ccc(-c2nc(-c3ccccc3)nc(-c3ccc4c(c3)oc3c4ccc4c5ccc(-n6c7ccccc7c7ccccc76)cc5n(-c5ccccc5)c43)n2)cc1. The van der Waals surface area contributed by atoms with Crippen molar-refractivity contribution in [2.45, 2.75) is 0 Å². The van der Waals surface area contributed by atoms with Crippen molar-refractivity contribution in [2.75, 3.05) is 0 Å². The second-order valence-corrected chi connectivity index (χ2v) is 14.4. The summed E-state index contributed by atoms with van der Waals surface area (Å²) in [7, 11) is 0. The van der Waals surface area contributed by atoms with Gasteiger partial charge in [0.15, 0.2) is 23.1 Å². The van der Waals surface area contributed by atoms with Crippen LogP contribution in [0.2, 0.25) is 0 Å². The molecule has 6 heteroatoms. The van der Waals surface area contributed by atoms with E-state index in [4.69, 9.17) is 19.4 Å². The Morgan fingerprint density at radius 1 is 0.333 bits per heavy atom. The molecule has 0 spiro atoms. The summed E-state index contributed by atoms with van der Waals surface area (Å²) in [4.78, 5) is 14.9. The van der Waals surface area contributed by atoms with Crippen molar-refractivity contribution >= 4 is 65.6 Å². The van der Waals surface area contributed by atoms with E-state index in [-0.39, 0.29) is 0 Å². The molecule has 6 nitrogen and oxygen atoms in total. The van der Waals surface area contributed by atoms with Gasteiger partial charge in [0.05, 0.1) is 22.1 Å². The molecule has 57 heavy (non-hydrogen) atoms. The van der Waals surface area contributed by atoms with Crippen molar-refractivity contribution in [1.82, 2.24) is 24.1 Å². The number of fused-ring (bicyclic) bond motifs is 10. The molecule has 4 aromatic heterocycles. The molecule has 266 valence electrons. The smallest absolute Gasteiger partial charge is 0.164 e. The Hall–Kier alpha value is -7.83. The molecule has 0 saturated heterocycles. The van der Waals surface area contributed by atoms with Crippen LogP contribution in [0.5, 0.6) is 0 Å². The highest BCUT2D eigenvalue weighted by Crippen LogP contribution is 2.42. The zero-order valence-electron chi connectivity index (χ0n) is 30.5. The zero-order valence-corrected chi connectivity index (χ0v) is 30.5. The fraction of sp³-hybridized carbons (Fsp3) is 0. The first-order valence-electron chi connectivity index (χ1n) is 19.1. The van der Waals surface area contributed by atoms with Crippen molar-refractivity contribution in [3.05, 3.63) is 188 Å². The van der Waals surface area contributed by atoms with Gasteiger partial charge in [-0.15, -0.1) is 0 Å². The topological polar surface area (TPSA) is 61.7 Å². The molecule has 0 aliphatic heterocycles. The van der Waals surface area contributed by atoms with E-state index >= 15 is 0 Å². The molecular formula is C51H31N5O. The highest BCUT2D eigenvalue weighted by atomic mass is 16.3. The predicted octanol–water partition coefficient (Wildman–Crippen LogP) is 13.0. The summed E-state index contributed by atoms with van der Waals surface area (Å²) >= 11 is 0. The normalized spacial score (nSPS) is 11.9. The molecule has 0 aliphatic rings. The summed E-state index contributed by atoms with van der Waals surface area (Å²) in [6.07, 6.45) is 0. The van der Waals surface area contributed by atoms with E-state index in [1.807, 2.05) is 60.7 Å². The maximum atomic E-state index is 6.97. The molecule has 0 fully saturated rings. The number of hydrogen-bond donors (Lipinski definition) is 0. The Morgan fingerprint density at radius 3 is 1.49 bits per heavy atom. The van der Waals surface area contributed by atoms with Crippen LogP contribution in [0.25, 0.3) is 111 Å². The quantitative estimate of drug-likeness (QED) is 0.177. The number of benzene rings is 8. The first-order valence-corrected chi connectivity index (χ1v) is 19.1. The standard InChI is InChI=1S/C51H31N5O/c1-4-14-32(15-5-1)49-52-50(33-16-6-2-7-17-33)54-51(53-49)34-24-26-40-42-29-28-41-39-27-25-36(55-43-22-12-10-20-37(43)38-21-11-13-23-44(38)55)31-45(39)56(35-18-8-3-9-19-35)47(41)48(42)57-46(40)30-34/h1-31H. The summed E-state index contributed by atoms with van der Waals surface area (Å²) < 4.78 is 11.7. The second kappa shape index (κ2) is 12.3. The Kier molecular flexibility index (Phi) is 6.83. The first kappa shape index (κ1) is 31.5. The van der Waals surface area contributed by atoms with Gasteiger partial charge in [-0.2, -0.15) is 0 Å². The lowest BCUT2D eigenvalue weighted by molar-refractivity contribution is 0.671. The minimum Gasteiger partial charge on any atom is -0.454 e. The molecule has 0 N–H and O–H groups in total. The molecule has 4 heterocycles. The molecule has 8 aromatic carbocycles. The fourth-order valence-corrected chi connectivity index (χ4v) is 8.58. The zero-order chi connectivity index (χ0) is 37.5. The Balaban J connectivity index is 1.09. The highest BCUT2D eigenvalue weighted by Gasteiger charge is 2.22. The third-order valence-corrected chi connectivity index (χ3v) is 11.2. The van der Waals surface area contributed by atoms with Crippen molar-refractivity contribution in [3.8, 4) is 45.5 Å². The van der Waals surface area contributed by atoms with Gasteiger partial charge in [0.25, 0.3) is 0 Å². The van der Waals surface area contributed by atoms with Gasteiger partial charge < -0.3 is 13.6 Å². The molecule has 0 atom stereocenters. The van der Waals surface area contributed by atoms with Crippen LogP contribution in [0, 0.1) is 0 Å². The molecule has 0 unspecified atom stereocenters. The average Bonchev–Trinajstić information content (AvgIpc) is 3.94. The number of rotatable bonds is 5. The van der Waals surface area contributed by atoms with E-state index in [1.165, 1.54) is 21.8 Å². The molecular weight excluding hydrogens is 699 g/mol. The van der Waals surface area contributed by atoms with E-state index in [9.17, 15) is 0 Å². The van der Waals surface area contributed by atoms with Crippen LogP contribution in [0.15, 0.2) is 192 Å². The number of aromatic nitrogens is 5. The molecule has 0 amide bonds. The van der Waals surface area contributed by atoms with Crippen molar-refractivity contribution in [3.63, 3.8) is 0 Å². The van der Waals surface area contributed by atoms with Gasteiger partial charge in [-0.3, -0.25) is 0 Å². The fourth-order valence-electron chi connectivity index (χ4n) is 8.58. The Bertz CT molecular complexity index is 3400. The van der Waals surface area contributed by atoms with Gasteiger partial charge in [-0.05, 0) is 54.6 Å². The third-order valence-electron chi connectivity index (χ3n) is 11.2. The molecule has 0 bridgehead atoms. The van der Waals surface area contributed by atoms with Crippen LogP contribution >= 0.6 is 0 Å². The lowest BCUT2D eigenvalue weighted by atomic mass is 10.1. The van der Waals surface area contributed by atoms with Gasteiger partial charge in [-0.1, -0.05) is 133 Å². The summed E-state index contributed by atoms with van der Waals surface area (Å²) in [5, 5.41) is 6.86. The van der Waals surface area contributed by atoms with Crippen LogP contribution in [-0.2, 0) is 0 Å². The van der Waals surface area contributed by atoms with Crippen LogP contribution < -0.4 is 0 Å². The monoisotopic (exact) mass is 729 g/mol. The molecule has 0 radical (unpaired) electrons. The maximum absolute atomic E-state index is 6.97. The largest absolute Gasteiger partial charge is 0.454 e. The number of furan rings is 1. The average molecular weight is 730 g/mol. The minimum atomic E-state index is 0.589.